The number of aliphatic carboxylic acids is 1. The molecule has 9 heteroatoms. The molecule has 1 aromatic heterocycles. The maximum absolute atomic E-state index is 12.1. The summed E-state index contributed by atoms with van der Waals surface area (Å²) in [6, 6.07) is 0. The van der Waals surface area contributed by atoms with Gasteiger partial charge in [0.1, 0.15) is 11.1 Å². The number of carboxylic acid groups (broad SMARTS) is 1. The van der Waals surface area contributed by atoms with Crippen LogP contribution in [0.3, 0.4) is 0 Å². The lowest BCUT2D eigenvalue weighted by atomic mass is 9.92. The summed E-state index contributed by atoms with van der Waals surface area (Å²) in [6.07, 6.45) is 2.71. The molecule has 3 atom stereocenters. The van der Waals surface area contributed by atoms with Crippen molar-refractivity contribution in [2.75, 3.05) is 5.75 Å². The largest absolute Gasteiger partial charge is 0.477 e. The fourth-order valence-electron chi connectivity index (χ4n) is 2.58. The number of amides is 1. The van der Waals surface area contributed by atoms with Gasteiger partial charge < -0.3 is 14.8 Å². The van der Waals surface area contributed by atoms with Crippen LogP contribution in [0.5, 0.6) is 0 Å². The summed E-state index contributed by atoms with van der Waals surface area (Å²) in [7, 11) is 1.86. The summed E-state index contributed by atoms with van der Waals surface area (Å²) < 4.78 is 1.85. The smallest absolute Gasteiger partial charge is 0.353 e. The van der Waals surface area contributed by atoms with Crippen LogP contribution < -0.4 is 0 Å². The van der Waals surface area contributed by atoms with Crippen molar-refractivity contribution in [2.45, 2.75) is 23.6 Å². The molecule has 22 heavy (non-hydrogen) atoms. The summed E-state index contributed by atoms with van der Waals surface area (Å²) in [5.41, 5.74) is 0.0404. The van der Waals surface area contributed by atoms with Gasteiger partial charge in [-0.25, -0.2) is 9.78 Å². The summed E-state index contributed by atoms with van der Waals surface area (Å²) in [6.45, 7) is 1.56. The van der Waals surface area contributed by atoms with Crippen LogP contribution in [0, 0.1) is 5.92 Å². The molecule has 2 aliphatic rings. The van der Waals surface area contributed by atoms with Gasteiger partial charge in [0, 0.05) is 30.1 Å². The number of carbonyl (C=O) groups is 2. The van der Waals surface area contributed by atoms with Crippen molar-refractivity contribution in [3.63, 3.8) is 0 Å². The number of carboxylic acids is 1. The molecule has 0 aromatic carbocycles. The van der Waals surface area contributed by atoms with E-state index in [0.29, 0.717) is 10.7 Å². The molecule has 1 aromatic rings. The van der Waals surface area contributed by atoms with Gasteiger partial charge in [0.25, 0.3) is 0 Å². The fourth-order valence-corrected chi connectivity index (χ4v) is 5.22. The second-order valence-corrected chi connectivity index (χ2v) is 7.32. The summed E-state index contributed by atoms with van der Waals surface area (Å²) in [4.78, 5) is 29.7. The summed E-state index contributed by atoms with van der Waals surface area (Å²) in [5, 5.41) is 19.5. The molecule has 2 aliphatic heterocycles. The van der Waals surface area contributed by atoms with Gasteiger partial charge in [-0.15, -0.1) is 11.8 Å². The monoisotopic (exact) mass is 341 g/mol. The number of aliphatic hydroxyl groups is 1. The minimum atomic E-state index is -1.11. The molecule has 0 radical (unpaired) electrons. The second kappa shape index (κ2) is 5.64. The number of carbonyl (C=O) groups excluding carboxylic acids is 1. The van der Waals surface area contributed by atoms with Crippen LogP contribution in [0.25, 0.3) is 0 Å². The van der Waals surface area contributed by atoms with E-state index in [1.165, 1.54) is 28.4 Å². The number of hydrogen-bond acceptors (Lipinski definition) is 6. The van der Waals surface area contributed by atoms with E-state index in [9.17, 15) is 19.8 Å². The predicted octanol–water partition coefficient (Wildman–Crippen LogP) is 0.720. The zero-order valence-electron chi connectivity index (χ0n) is 12.0. The van der Waals surface area contributed by atoms with E-state index in [0.717, 1.165) is 5.16 Å². The quantitative estimate of drug-likeness (QED) is 0.602. The third-order valence-electron chi connectivity index (χ3n) is 3.68. The highest BCUT2D eigenvalue weighted by Crippen LogP contribution is 2.51. The van der Waals surface area contributed by atoms with Crippen molar-refractivity contribution in [3.8, 4) is 0 Å². The SMILES string of the molecule is CC(O)[C@H]1C(=O)N2C(C(=O)O)=C(CSc3nccn3C)S[C@H]12. The molecule has 3 rings (SSSR count). The maximum Gasteiger partial charge on any atom is 0.353 e. The highest BCUT2D eigenvalue weighted by atomic mass is 32.2. The minimum absolute atomic E-state index is 0.0404. The van der Waals surface area contributed by atoms with Crippen LogP contribution in [0.1, 0.15) is 6.92 Å². The predicted molar refractivity (Wildman–Crippen MR) is 82.0 cm³/mol. The molecule has 0 spiro atoms. The third kappa shape index (κ3) is 2.33. The maximum atomic E-state index is 12.1. The molecule has 1 amide bonds. The highest BCUT2D eigenvalue weighted by molar-refractivity contribution is 8.06. The van der Waals surface area contributed by atoms with Crippen LogP contribution in [0.15, 0.2) is 28.2 Å². The Labute approximate surface area is 135 Å². The Morgan fingerprint density at radius 1 is 1.59 bits per heavy atom. The number of β-lactam (4-membered cyclic amide) rings is 1. The molecule has 1 saturated heterocycles. The first-order valence-electron chi connectivity index (χ1n) is 6.66. The molecule has 118 valence electrons. The number of aryl methyl sites for hydroxylation is 1. The average molecular weight is 341 g/mol. The molecule has 0 aliphatic carbocycles. The zero-order valence-corrected chi connectivity index (χ0v) is 13.6. The molecule has 7 nitrogen and oxygen atoms in total. The Morgan fingerprint density at radius 2 is 2.32 bits per heavy atom. The topological polar surface area (TPSA) is 95.7 Å². The minimum Gasteiger partial charge on any atom is -0.477 e. The number of hydrogen-bond donors (Lipinski definition) is 2. The van der Waals surface area contributed by atoms with Crippen molar-refractivity contribution in [1.29, 1.82) is 0 Å². The lowest BCUT2D eigenvalue weighted by Crippen LogP contribution is -2.60. The van der Waals surface area contributed by atoms with Crippen molar-refractivity contribution in [2.24, 2.45) is 13.0 Å². The molecule has 1 unspecified atom stereocenters. The number of nitrogens with zero attached hydrogens (tertiary/aromatic N) is 3. The highest BCUT2D eigenvalue weighted by Gasteiger charge is 2.57. The summed E-state index contributed by atoms with van der Waals surface area (Å²) in [5.74, 6) is -1.52. The number of imidazole rings is 1. The summed E-state index contributed by atoms with van der Waals surface area (Å²) >= 11 is 2.77. The molecule has 3 heterocycles. The number of aromatic nitrogens is 2. The molecule has 0 saturated carbocycles. The van der Waals surface area contributed by atoms with Gasteiger partial charge in [0.2, 0.25) is 5.91 Å². The molecular weight excluding hydrogens is 326 g/mol. The number of aliphatic hydroxyl groups excluding tert-OH is 1. The van der Waals surface area contributed by atoms with E-state index in [4.69, 9.17) is 0 Å². The molecule has 1 fully saturated rings. The normalized spacial score (nSPS) is 25.2. The van der Waals surface area contributed by atoms with Gasteiger partial charge in [0.05, 0.1) is 12.0 Å². The Bertz CT molecular complexity index is 670. The van der Waals surface area contributed by atoms with Crippen molar-refractivity contribution in [1.82, 2.24) is 14.5 Å². The average Bonchev–Trinajstić information content (AvgIpc) is 2.97. The second-order valence-electron chi connectivity index (χ2n) is 5.17. The van der Waals surface area contributed by atoms with E-state index >= 15 is 0 Å². The van der Waals surface area contributed by atoms with Crippen LogP contribution in [-0.2, 0) is 16.6 Å². The van der Waals surface area contributed by atoms with Gasteiger partial charge >= 0.3 is 5.97 Å². The van der Waals surface area contributed by atoms with Crippen molar-refractivity contribution < 1.29 is 19.8 Å². The Kier molecular flexibility index (Phi) is 3.96. The van der Waals surface area contributed by atoms with Crippen LogP contribution >= 0.6 is 23.5 Å². The zero-order chi connectivity index (χ0) is 16.0. The number of rotatable bonds is 5. The van der Waals surface area contributed by atoms with Gasteiger partial charge in [-0.3, -0.25) is 9.69 Å². The third-order valence-corrected chi connectivity index (χ3v) is 6.32. The van der Waals surface area contributed by atoms with Gasteiger partial charge in [-0.05, 0) is 6.92 Å². The van der Waals surface area contributed by atoms with E-state index in [1.54, 1.807) is 13.1 Å². The van der Waals surface area contributed by atoms with E-state index in [2.05, 4.69) is 4.98 Å². The molecule has 0 bridgehead atoms. The van der Waals surface area contributed by atoms with Gasteiger partial charge in [0.15, 0.2) is 5.16 Å². The lowest BCUT2D eigenvalue weighted by molar-refractivity contribution is -0.156. The first-order chi connectivity index (χ1) is 10.4. The van der Waals surface area contributed by atoms with E-state index < -0.39 is 18.0 Å². The fraction of sp³-hybridized carbons (Fsp3) is 0.462. The molecule has 2 N–H and O–H groups in total. The number of thioether (sulfide) groups is 2. The van der Waals surface area contributed by atoms with Gasteiger partial charge in [-0.2, -0.15) is 0 Å². The molecular formula is C13H15N3O4S2. The Hall–Kier alpha value is -1.45. The lowest BCUT2D eigenvalue weighted by Gasteiger charge is -2.43. The van der Waals surface area contributed by atoms with Crippen molar-refractivity contribution >= 4 is 35.4 Å². The Balaban J connectivity index is 1.80. The van der Waals surface area contributed by atoms with Crippen LogP contribution in [-0.4, -0.2) is 53.8 Å². The van der Waals surface area contributed by atoms with Crippen molar-refractivity contribution in [3.05, 3.63) is 23.0 Å². The number of fused-ring (bicyclic) bond motifs is 1. The van der Waals surface area contributed by atoms with E-state index in [-0.39, 0.29) is 17.0 Å². The first kappa shape index (κ1) is 15.4. The van der Waals surface area contributed by atoms with Gasteiger partial charge in [-0.1, -0.05) is 11.8 Å². The van der Waals surface area contributed by atoms with E-state index in [1.807, 2.05) is 17.8 Å². The standard InChI is InChI=1S/C13H15N3O4S2/c1-6(17)8-10(18)16-9(12(19)20)7(22-11(8)16)5-21-13-14-3-4-15(13)2/h3-4,6,8,11,17H,5H2,1-2H3,(H,19,20)/t6?,8-,11+/m0/s1. The van der Waals surface area contributed by atoms with Crippen LogP contribution in [0.4, 0.5) is 0 Å². The van der Waals surface area contributed by atoms with Crippen LogP contribution in [0.2, 0.25) is 0 Å². The Morgan fingerprint density at radius 3 is 2.86 bits per heavy atom. The first-order valence-corrected chi connectivity index (χ1v) is 8.52.